The van der Waals surface area contributed by atoms with Crippen molar-refractivity contribution in [3.05, 3.63) is 0 Å². The van der Waals surface area contributed by atoms with Gasteiger partial charge in [-0.1, -0.05) is 6.92 Å². The number of nitrogens with zero attached hydrogens (tertiary/aromatic N) is 2. The van der Waals surface area contributed by atoms with E-state index in [9.17, 15) is 5.11 Å². The molecule has 2 fully saturated rings. The van der Waals surface area contributed by atoms with Crippen molar-refractivity contribution in [1.29, 1.82) is 0 Å². The summed E-state index contributed by atoms with van der Waals surface area (Å²) in [6, 6.07) is 0.681. The first-order chi connectivity index (χ1) is 8.17. The second-order valence-electron chi connectivity index (χ2n) is 5.63. The van der Waals surface area contributed by atoms with Gasteiger partial charge in [0.2, 0.25) is 0 Å². The van der Waals surface area contributed by atoms with Gasteiger partial charge in [0.1, 0.15) is 0 Å². The number of nitrogens with two attached hydrogens (primary N) is 1. The van der Waals surface area contributed by atoms with Gasteiger partial charge in [0, 0.05) is 38.8 Å². The predicted molar refractivity (Wildman–Crippen MR) is 69.9 cm³/mol. The highest BCUT2D eigenvalue weighted by Gasteiger charge is 2.34. The van der Waals surface area contributed by atoms with Crippen molar-refractivity contribution in [3.8, 4) is 0 Å². The fraction of sp³-hybridized carbons (Fsp3) is 1.00. The van der Waals surface area contributed by atoms with Crippen LogP contribution in [0.3, 0.4) is 0 Å². The van der Waals surface area contributed by atoms with Crippen LogP contribution < -0.4 is 5.73 Å². The van der Waals surface area contributed by atoms with Crippen molar-refractivity contribution in [2.45, 2.75) is 44.2 Å². The molecule has 1 saturated carbocycles. The summed E-state index contributed by atoms with van der Waals surface area (Å²) in [4.78, 5) is 5.12. The Morgan fingerprint density at radius 3 is 2.24 bits per heavy atom. The number of hydrogen-bond donors (Lipinski definition) is 2. The van der Waals surface area contributed by atoms with E-state index in [1.54, 1.807) is 0 Å². The molecule has 0 amide bonds. The first-order valence-corrected chi connectivity index (χ1v) is 7.06. The SMILES string of the molecule is CCN1CCN(C2CCC(O)(CN)CC2)CC1. The van der Waals surface area contributed by atoms with Crippen molar-refractivity contribution in [2.75, 3.05) is 39.3 Å². The normalized spacial score (nSPS) is 37.2. The lowest BCUT2D eigenvalue weighted by Crippen LogP contribution is -2.53. The Balaban J connectivity index is 1.78. The van der Waals surface area contributed by atoms with Crippen LogP contribution in [0.15, 0.2) is 0 Å². The summed E-state index contributed by atoms with van der Waals surface area (Å²) < 4.78 is 0. The maximum absolute atomic E-state index is 10.1. The Kier molecular flexibility index (Phi) is 4.42. The van der Waals surface area contributed by atoms with Crippen molar-refractivity contribution >= 4 is 0 Å². The molecule has 1 heterocycles. The third-order valence-corrected chi connectivity index (χ3v) is 4.64. The van der Waals surface area contributed by atoms with Crippen LogP contribution in [0.25, 0.3) is 0 Å². The van der Waals surface area contributed by atoms with Gasteiger partial charge < -0.3 is 15.7 Å². The Morgan fingerprint density at radius 2 is 1.76 bits per heavy atom. The number of piperazine rings is 1. The van der Waals surface area contributed by atoms with Crippen molar-refractivity contribution < 1.29 is 5.11 Å². The molecule has 100 valence electrons. The second-order valence-corrected chi connectivity index (χ2v) is 5.63. The van der Waals surface area contributed by atoms with Crippen LogP contribution >= 0.6 is 0 Å². The van der Waals surface area contributed by atoms with Crippen LogP contribution in [0, 0.1) is 0 Å². The molecule has 0 bridgehead atoms. The zero-order valence-electron chi connectivity index (χ0n) is 11.1. The summed E-state index contributed by atoms with van der Waals surface area (Å²) in [6.07, 6.45) is 3.98. The van der Waals surface area contributed by atoms with E-state index < -0.39 is 5.60 Å². The van der Waals surface area contributed by atoms with Gasteiger partial charge in [-0.2, -0.15) is 0 Å². The lowest BCUT2D eigenvalue weighted by molar-refractivity contribution is -0.0204. The van der Waals surface area contributed by atoms with Gasteiger partial charge in [-0.25, -0.2) is 0 Å². The molecule has 1 aliphatic heterocycles. The average molecular weight is 241 g/mol. The summed E-state index contributed by atoms with van der Waals surface area (Å²) in [5, 5.41) is 10.1. The van der Waals surface area contributed by atoms with E-state index in [2.05, 4.69) is 16.7 Å². The lowest BCUT2D eigenvalue weighted by atomic mass is 9.81. The van der Waals surface area contributed by atoms with Gasteiger partial charge >= 0.3 is 0 Å². The van der Waals surface area contributed by atoms with Gasteiger partial charge in [0.05, 0.1) is 5.60 Å². The number of aliphatic hydroxyl groups is 1. The highest BCUT2D eigenvalue weighted by Crippen LogP contribution is 2.30. The van der Waals surface area contributed by atoms with E-state index in [1.165, 1.54) is 32.7 Å². The van der Waals surface area contributed by atoms with E-state index in [-0.39, 0.29) is 0 Å². The third kappa shape index (κ3) is 3.19. The van der Waals surface area contributed by atoms with Crippen LogP contribution in [0.5, 0.6) is 0 Å². The molecule has 2 rings (SSSR count). The number of rotatable bonds is 3. The molecular weight excluding hydrogens is 214 g/mol. The standard InChI is InChI=1S/C13H27N3O/c1-2-15-7-9-16(10-8-15)12-3-5-13(17,11-14)6-4-12/h12,17H,2-11,14H2,1H3. The molecule has 0 spiro atoms. The highest BCUT2D eigenvalue weighted by molar-refractivity contribution is 4.90. The Morgan fingerprint density at radius 1 is 1.18 bits per heavy atom. The summed E-state index contributed by atoms with van der Waals surface area (Å²) >= 11 is 0. The van der Waals surface area contributed by atoms with Crippen LogP contribution in [0.1, 0.15) is 32.6 Å². The maximum atomic E-state index is 10.1. The van der Waals surface area contributed by atoms with E-state index in [0.717, 1.165) is 25.7 Å². The van der Waals surface area contributed by atoms with Crippen molar-refractivity contribution in [3.63, 3.8) is 0 Å². The highest BCUT2D eigenvalue weighted by atomic mass is 16.3. The molecule has 0 aromatic heterocycles. The molecule has 0 unspecified atom stereocenters. The van der Waals surface area contributed by atoms with Crippen molar-refractivity contribution in [1.82, 2.24) is 9.80 Å². The van der Waals surface area contributed by atoms with Crippen LogP contribution in [-0.4, -0.2) is 65.8 Å². The van der Waals surface area contributed by atoms with Crippen LogP contribution in [0.4, 0.5) is 0 Å². The minimum absolute atomic E-state index is 0.420. The second kappa shape index (κ2) is 5.65. The van der Waals surface area contributed by atoms with Gasteiger partial charge in [-0.15, -0.1) is 0 Å². The predicted octanol–water partition coefficient (Wildman–Crippen LogP) is 0.256. The molecule has 3 N–H and O–H groups in total. The smallest absolute Gasteiger partial charge is 0.0770 e. The van der Waals surface area contributed by atoms with Gasteiger partial charge in [-0.05, 0) is 32.2 Å². The molecular formula is C13H27N3O. The molecule has 2 aliphatic rings. The van der Waals surface area contributed by atoms with Crippen molar-refractivity contribution in [2.24, 2.45) is 5.73 Å². The fourth-order valence-electron chi connectivity index (χ4n) is 3.15. The Hall–Kier alpha value is -0.160. The zero-order chi connectivity index (χ0) is 12.3. The minimum Gasteiger partial charge on any atom is -0.389 e. The third-order valence-electron chi connectivity index (χ3n) is 4.64. The molecule has 4 nitrogen and oxygen atoms in total. The summed E-state index contributed by atoms with van der Waals surface area (Å²) in [5.41, 5.74) is 5.06. The molecule has 1 aliphatic carbocycles. The molecule has 0 radical (unpaired) electrons. The van der Waals surface area contributed by atoms with E-state index in [1.807, 2.05) is 0 Å². The Bertz CT molecular complexity index is 231. The first-order valence-electron chi connectivity index (χ1n) is 7.06. The van der Waals surface area contributed by atoms with Gasteiger partial charge in [0.25, 0.3) is 0 Å². The average Bonchev–Trinajstić information content (AvgIpc) is 2.40. The van der Waals surface area contributed by atoms with E-state index in [0.29, 0.717) is 12.6 Å². The van der Waals surface area contributed by atoms with E-state index >= 15 is 0 Å². The molecule has 1 saturated heterocycles. The molecule has 17 heavy (non-hydrogen) atoms. The van der Waals surface area contributed by atoms with E-state index in [4.69, 9.17) is 5.73 Å². The number of likely N-dealkylation sites (N-methyl/N-ethyl adjacent to an activating group) is 1. The summed E-state index contributed by atoms with van der Waals surface area (Å²) in [7, 11) is 0. The van der Waals surface area contributed by atoms with Gasteiger partial charge in [0.15, 0.2) is 0 Å². The maximum Gasteiger partial charge on any atom is 0.0770 e. The minimum atomic E-state index is -0.568. The summed E-state index contributed by atoms with van der Waals surface area (Å²) in [5.74, 6) is 0. The first kappa shape index (κ1) is 13.3. The van der Waals surface area contributed by atoms with Gasteiger partial charge in [-0.3, -0.25) is 4.90 Å². The number of hydrogen-bond acceptors (Lipinski definition) is 4. The lowest BCUT2D eigenvalue weighted by Gasteiger charge is -2.43. The zero-order valence-corrected chi connectivity index (χ0v) is 11.1. The molecule has 0 atom stereocenters. The topological polar surface area (TPSA) is 52.7 Å². The summed E-state index contributed by atoms with van der Waals surface area (Å²) in [6.45, 7) is 8.62. The molecule has 4 heteroatoms. The largest absolute Gasteiger partial charge is 0.389 e. The Labute approximate surface area is 105 Å². The monoisotopic (exact) mass is 241 g/mol. The van der Waals surface area contributed by atoms with Crippen LogP contribution in [0.2, 0.25) is 0 Å². The quantitative estimate of drug-likeness (QED) is 0.744. The van der Waals surface area contributed by atoms with Crippen LogP contribution in [-0.2, 0) is 0 Å². The molecule has 0 aromatic rings. The fourth-order valence-corrected chi connectivity index (χ4v) is 3.15. The molecule has 0 aromatic carbocycles.